The summed E-state index contributed by atoms with van der Waals surface area (Å²) in [5.41, 5.74) is 0.814. The summed E-state index contributed by atoms with van der Waals surface area (Å²) in [4.78, 5) is 19.5. The van der Waals surface area contributed by atoms with Crippen LogP contribution in [0.1, 0.15) is 12.5 Å². The monoisotopic (exact) mass is 239 g/mol. The van der Waals surface area contributed by atoms with E-state index < -0.39 is 5.97 Å². The third kappa shape index (κ3) is 4.77. The van der Waals surface area contributed by atoms with Crippen molar-refractivity contribution in [3.05, 3.63) is 28.8 Å². The number of carbonyl (C=O) groups excluding carboxylic acids is 1. The van der Waals surface area contributed by atoms with E-state index in [4.69, 9.17) is 16.5 Å². The van der Waals surface area contributed by atoms with Crippen molar-refractivity contribution < 1.29 is 14.6 Å². The van der Waals surface area contributed by atoms with Crippen molar-refractivity contribution in [2.45, 2.75) is 13.8 Å². The maximum absolute atomic E-state index is 10.4. The van der Waals surface area contributed by atoms with Gasteiger partial charge in [-0.15, -0.1) is 0 Å². The van der Waals surface area contributed by atoms with Gasteiger partial charge in [-0.3, -0.25) is 9.78 Å². The fraction of sp³-hybridized carbons (Fsp3) is 0.222. The molecule has 0 heterocycles. The summed E-state index contributed by atoms with van der Waals surface area (Å²) < 4.78 is 0. The van der Waals surface area contributed by atoms with Gasteiger partial charge in [0, 0.05) is 63.3 Å². The van der Waals surface area contributed by atoms with Gasteiger partial charge >= 0.3 is 5.97 Å². The second kappa shape index (κ2) is 6.82. The van der Waals surface area contributed by atoms with Crippen molar-refractivity contribution in [3.8, 4) is 5.75 Å². The molecule has 1 aromatic carbocycles. The summed E-state index contributed by atoms with van der Waals surface area (Å²) in [6.45, 7) is 3.08. The fourth-order valence-corrected chi connectivity index (χ4v) is 1.04. The topological polar surface area (TPSA) is 35.5 Å². The molecule has 0 saturated heterocycles. The number of halogens is 1. The molecule has 5 heteroatoms. The Morgan fingerprint density at radius 3 is 2.57 bits per heavy atom. The van der Waals surface area contributed by atoms with E-state index in [9.17, 15) is 4.79 Å². The number of carbonyl (C=O) groups is 1. The molecule has 1 radical (unpaired) electrons. The Morgan fingerprint density at radius 2 is 2.07 bits per heavy atom. The minimum atomic E-state index is -0.491. The van der Waals surface area contributed by atoms with E-state index in [1.807, 2.05) is 6.92 Å². The number of hydrogen-bond donors (Lipinski definition) is 0. The minimum absolute atomic E-state index is 0. The van der Waals surface area contributed by atoms with Gasteiger partial charge in [0.1, 0.15) is 0 Å². The Morgan fingerprint density at radius 1 is 1.43 bits per heavy atom. The van der Waals surface area contributed by atoms with Crippen molar-refractivity contribution in [1.29, 1.82) is 0 Å². The molecule has 0 aliphatic heterocycles. The second-order valence-corrected chi connectivity index (χ2v) is 3.00. The molecule has 0 aliphatic carbocycles. The molecule has 0 N–H and O–H groups in total. The van der Waals surface area contributed by atoms with E-state index in [2.05, 4.69) is 4.89 Å². The maximum Gasteiger partial charge on any atom is 0.352 e. The molecule has 0 fully saturated rings. The average Bonchev–Trinajstić information content (AvgIpc) is 2.02. The third-order valence-corrected chi connectivity index (χ3v) is 1.62. The number of rotatable bonds is 2. The van der Waals surface area contributed by atoms with Gasteiger partial charge in [0.2, 0.25) is 0 Å². The molecule has 0 unspecified atom stereocenters. The van der Waals surface area contributed by atoms with Crippen LogP contribution in [0, 0.1) is 6.92 Å². The van der Waals surface area contributed by atoms with Gasteiger partial charge < -0.3 is 0 Å². The smallest absolute Gasteiger partial charge is 0.287 e. The first-order valence-corrected chi connectivity index (χ1v) is 4.08. The van der Waals surface area contributed by atoms with E-state index >= 15 is 0 Å². The van der Waals surface area contributed by atoms with Crippen LogP contribution in [0.25, 0.3) is 0 Å². The first-order valence-electron chi connectivity index (χ1n) is 3.71. The molecule has 0 atom stereocenters. The summed E-state index contributed by atoms with van der Waals surface area (Å²) in [6, 6.07) is 5.02. The van der Waals surface area contributed by atoms with Crippen LogP contribution >= 0.6 is 11.6 Å². The zero-order valence-corrected chi connectivity index (χ0v) is 12.2. The van der Waals surface area contributed by atoms with Gasteiger partial charge in [0.05, 0.1) is 0 Å². The molecule has 1 aromatic rings. The Kier molecular flexibility index (Phi) is 7.02. The van der Waals surface area contributed by atoms with Crippen LogP contribution in [-0.2, 0) is 9.68 Å². The van der Waals surface area contributed by atoms with Crippen molar-refractivity contribution in [3.63, 3.8) is 0 Å². The van der Waals surface area contributed by atoms with Gasteiger partial charge in [0.25, 0.3) is 0 Å². The molecule has 0 amide bonds. The van der Waals surface area contributed by atoms with Crippen LogP contribution in [0.2, 0.25) is 5.02 Å². The summed E-state index contributed by atoms with van der Waals surface area (Å²) in [7, 11) is 0. The maximum atomic E-state index is 10.4. The van der Waals surface area contributed by atoms with Crippen LogP contribution in [0.3, 0.4) is 0 Å². The predicted molar refractivity (Wildman–Crippen MR) is 54.3 cm³/mol. The summed E-state index contributed by atoms with van der Waals surface area (Å²) in [6.07, 6.45) is 0. The Hall–Kier alpha value is 0.416. The Balaban J connectivity index is 0.00000169. The third-order valence-electron chi connectivity index (χ3n) is 1.39. The summed E-state index contributed by atoms with van der Waals surface area (Å²) in [5, 5.41) is 0.618. The minimum Gasteiger partial charge on any atom is -0.287 e. The second-order valence-electron chi connectivity index (χ2n) is 2.57. The van der Waals surface area contributed by atoms with Crippen molar-refractivity contribution in [2.75, 3.05) is 0 Å². The average molecular weight is 240 g/mol. The van der Waals surface area contributed by atoms with Crippen LogP contribution in [0.4, 0.5) is 0 Å². The van der Waals surface area contributed by atoms with E-state index in [0.29, 0.717) is 10.8 Å². The molecule has 71 valence electrons. The molecule has 0 aliphatic rings. The quantitative estimate of drug-likeness (QED) is 0.451. The van der Waals surface area contributed by atoms with E-state index in [1.54, 1.807) is 18.2 Å². The fourth-order valence-electron chi connectivity index (χ4n) is 0.810. The summed E-state index contributed by atoms with van der Waals surface area (Å²) >= 11 is 5.72. The van der Waals surface area contributed by atoms with Gasteiger partial charge in [-0.1, -0.05) is 11.6 Å². The van der Waals surface area contributed by atoms with Gasteiger partial charge in [-0.05, 0) is 30.7 Å². The molecule has 0 aromatic heterocycles. The van der Waals surface area contributed by atoms with Gasteiger partial charge in [-0.25, -0.2) is 4.79 Å². The van der Waals surface area contributed by atoms with Crippen molar-refractivity contribution in [1.82, 2.24) is 0 Å². The molecule has 0 saturated carbocycles. The first kappa shape index (κ1) is 14.4. The molecule has 3 nitrogen and oxygen atoms in total. The van der Waals surface area contributed by atoms with E-state index in [-0.39, 0.29) is 51.4 Å². The van der Waals surface area contributed by atoms with Crippen LogP contribution < -0.4 is 4.89 Å². The predicted octanol–water partition coefficient (Wildman–Crippen LogP) is 2.12. The SMILES string of the molecule is CC(=O)OOc1ccc(Cl)cc1C.[K]. The Bertz CT molecular complexity index is 328. The number of aryl methyl sites for hydroxylation is 1. The van der Waals surface area contributed by atoms with E-state index in [1.165, 1.54) is 6.92 Å². The standard InChI is InChI=1S/C9H9ClO3.K/c1-6-5-8(10)3-4-9(6)13-12-7(2)11;/h3-5H,1-2H3;. The molecule has 0 spiro atoms. The van der Waals surface area contributed by atoms with Crippen LogP contribution in [0.5, 0.6) is 5.75 Å². The number of benzene rings is 1. The number of hydrogen-bond acceptors (Lipinski definition) is 3. The zero-order chi connectivity index (χ0) is 9.84. The van der Waals surface area contributed by atoms with Crippen LogP contribution in [-0.4, -0.2) is 57.4 Å². The Labute approximate surface area is 130 Å². The molecule has 0 bridgehead atoms. The first-order chi connectivity index (χ1) is 6.09. The molecule has 1 rings (SSSR count). The largest absolute Gasteiger partial charge is 0.352 e. The summed E-state index contributed by atoms with van der Waals surface area (Å²) in [5.74, 6) is -0.00560. The van der Waals surface area contributed by atoms with E-state index in [0.717, 1.165) is 5.56 Å². The molecular formula is C9H9ClKO3. The molecule has 14 heavy (non-hydrogen) atoms. The van der Waals surface area contributed by atoms with Crippen LogP contribution in [0.15, 0.2) is 18.2 Å². The van der Waals surface area contributed by atoms with Gasteiger partial charge in [0.15, 0.2) is 5.75 Å². The zero-order valence-electron chi connectivity index (χ0n) is 8.33. The van der Waals surface area contributed by atoms with Crippen molar-refractivity contribution in [2.24, 2.45) is 0 Å². The molecular weight excluding hydrogens is 231 g/mol. The van der Waals surface area contributed by atoms with Crippen molar-refractivity contribution >= 4 is 69.0 Å². The normalized spacial score (nSPS) is 8.79. The van der Waals surface area contributed by atoms with Gasteiger partial charge in [-0.2, -0.15) is 0 Å².